The number of hydrogen-bond donors (Lipinski definition) is 1. The summed E-state index contributed by atoms with van der Waals surface area (Å²) in [5, 5.41) is 20.3. The van der Waals surface area contributed by atoms with Crippen LogP contribution in [0.4, 0.5) is 10.5 Å². The fourth-order valence-electron chi connectivity index (χ4n) is 2.86. The van der Waals surface area contributed by atoms with Crippen molar-refractivity contribution in [3.8, 4) is 0 Å². The Morgan fingerprint density at radius 1 is 1.52 bits per heavy atom. The molecule has 124 valence electrons. The minimum atomic E-state index is -1.12. The quantitative estimate of drug-likeness (QED) is 0.483. The third-order valence-electron chi connectivity index (χ3n) is 4.02. The summed E-state index contributed by atoms with van der Waals surface area (Å²) in [7, 11) is 1.23. The minimum absolute atomic E-state index is 0.0395. The SMILES string of the molecule is COC(=O)C1(Cc2ccc(Br)cc2[N+](=O)[O-])CCN(C(=O)O)C1. The lowest BCUT2D eigenvalue weighted by Gasteiger charge is -2.25. The Balaban J connectivity index is 2.39. The zero-order valence-electron chi connectivity index (χ0n) is 12.3. The third-order valence-corrected chi connectivity index (χ3v) is 4.51. The van der Waals surface area contributed by atoms with Gasteiger partial charge in [-0.3, -0.25) is 14.9 Å². The first-order chi connectivity index (χ1) is 10.8. The summed E-state index contributed by atoms with van der Waals surface area (Å²) in [6, 6.07) is 4.58. The molecule has 8 nitrogen and oxygen atoms in total. The van der Waals surface area contributed by atoms with Gasteiger partial charge in [0.2, 0.25) is 0 Å². The smallest absolute Gasteiger partial charge is 0.407 e. The number of rotatable bonds is 4. The average Bonchev–Trinajstić information content (AvgIpc) is 2.93. The molecule has 1 atom stereocenters. The van der Waals surface area contributed by atoms with Crippen molar-refractivity contribution in [2.24, 2.45) is 5.41 Å². The Labute approximate surface area is 140 Å². The van der Waals surface area contributed by atoms with Gasteiger partial charge in [0.15, 0.2) is 0 Å². The number of nitro benzene ring substituents is 1. The van der Waals surface area contributed by atoms with Crippen molar-refractivity contribution in [2.45, 2.75) is 12.8 Å². The first kappa shape index (κ1) is 17.2. The molecule has 0 radical (unpaired) electrons. The number of methoxy groups -OCH3 is 1. The minimum Gasteiger partial charge on any atom is -0.469 e. The van der Waals surface area contributed by atoms with Gasteiger partial charge in [0, 0.05) is 29.2 Å². The molecule has 1 heterocycles. The average molecular weight is 387 g/mol. The maximum absolute atomic E-state index is 12.2. The van der Waals surface area contributed by atoms with Crippen LogP contribution < -0.4 is 0 Å². The van der Waals surface area contributed by atoms with E-state index in [1.54, 1.807) is 12.1 Å². The van der Waals surface area contributed by atoms with Crippen LogP contribution in [0.25, 0.3) is 0 Å². The lowest BCUT2D eigenvalue weighted by Crippen LogP contribution is -2.39. The summed E-state index contributed by atoms with van der Waals surface area (Å²) in [5.41, 5.74) is -0.849. The molecule has 1 aliphatic rings. The van der Waals surface area contributed by atoms with Gasteiger partial charge in [-0.05, 0) is 18.9 Å². The van der Waals surface area contributed by atoms with Crippen LogP contribution in [0.15, 0.2) is 22.7 Å². The number of benzene rings is 1. The Hall–Kier alpha value is -2.16. The molecule has 0 saturated carbocycles. The van der Waals surface area contributed by atoms with Crippen molar-refractivity contribution < 1.29 is 24.4 Å². The van der Waals surface area contributed by atoms with Crippen molar-refractivity contribution in [3.05, 3.63) is 38.3 Å². The van der Waals surface area contributed by atoms with E-state index in [2.05, 4.69) is 15.9 Å². The van der Waals surface area contributed by atoms with E-state index in [4.69, 9.17) is 9.84 Å². The molecule has 1 amide bonds. The van der Waals surface area contributed by atoms with Gasteiger partial charge >= 0.3 is 12.1 Å². The number of ether oxygens (including phenoxy) is 1. The van der Waals surface area contributed by atoms with Gasteiger partial charge in [0.1, 0.15) is 0 Å². The standard InChI is InChI=1S/C14H15BrN2O6/c1-23-12(18)14(4-5-16(8-14)13(19)20)7-9-2-3-10(15)6-11(9)17(21)22/h2-3,6H,4-5,7-8H2,1H3,(H,19,20). The lowest BCUT2D eigenvalue weighted by molar-refractivity contribution is -0.385. The second kappa shape index (κ2) is 6.53. The van der Waals surface area contributed by atoms with Crippen LogP contribution in [-0.4, -0.2) is 47.2 Å². The number of amides is 1. The molecular formula is C14H15BrN2O6. The Morgan fingerprint density at radius 3 is 2.74 bits per heavy atom. The number of carboxylic acid groups (broad SMARTS) is 1. The topological polar surface area (TPSA) is 110 Å². The van der Waals surface area contributed by atoms with Crippen molar-refractivity contribution in [1.82, 2.24) is 4.90 Å². The van der Waals surface area contributed by atoms with E-state index in [1.165, 1.54) is 13.2 Å². The first-order valence-corrected chi connectivity index (χ1v) is 7.57. The molecule has 1 aliphatic heterocycles. The zero-order valence-corrected chi connectivity index (χ0v) is 13.9. The van der Waals surface area contributed by atoms with Gasteiger partial charge in [-0.25, -0.2) is 4.79 Å². The molecule has 0 bridgehead atoms. The summed E-state index contributed by atoms with van der Waals surface area (Å²) in [4.78, 5) is 35.2. The molecule has 1 fully saturated rings. The molecule has 1 aromatic rings. The number of hydrogen-bond acceptors (Lipinski definition) is 5. The van der Waals surface area contributed by atoms with E-state index in [1.807, 2.05) is 0 Å². The van der Waals surface area contributed by atoms with E-state index < -0.39 is 22.4 Å². The fourth-order valence-corrected chi connectivity index (χ4v) is 3.21. The van der Waals surface area contributed by atoms with Gasteiger partial charge in [0.05, 0.1) is 17.4 Å². The largest absolute Gasteiger partial charge is 0.469 e. The number of esters is 1. The van der Waals surface area contributed by atoms with Gasteiger partial charge in [-0.15, -0.1) is 0 Å². The van der Waals surface area contributed by atoms with Crippen LogP contribution >= 0.6 is 15.9 Å². The molecule has 0 aromatic heterocycles. The van der Waals surface area contributed by atoms with Crippen LogP contribution in [-0.2, 0) is 16.0 Å². The highest BCUT2D eigenvalue weighted by Crippen LogP contribution is 2.38. The van der Waals surface area contributed by atoms with E-state index in [9.17, 15) is 19.7 Å². The van der Waals surface area contributed by atoms with E-state index in [0.29, 0.717) is 10.0 Å². The predicted molar refractivity (Wildman–Crippen MR) is 83.2 cm³/mol. The van der Waals surface area contributed by atoms with Crippen molar-refractivity contribution >= 4 is 33.7 Å². The number of nitrogens with zero attached hydrogens (tertiary/aromatic N) is 2. The highest BCUT2D eigenvalue weighted by atomic mass is 79.9. The fraction of sp³-hybridized carbons (Fsp3) is 0.429. The van der Waals surface area contributed by atoms with E-state index in [0.717, 1.165) is 4.90 Å². The molecule has 1 N–H and O–H groups in total. The number of likely N-dealkylation sites (tertiary alicyclic amines) is 1. The van der Waals surface area contributed by atoms with Gasteiger partial charge in [-0.2, -0.15) is 0 Å². The number of carbonyl (C=O) groups excluding carboxylic acids is 1. The maximum atomic E-state index is 12.2. The van der Waals surface area contributed by atoms with Gasteiger partial charge < -0.3 is 14.7 Å². The van der Waals surface area contributed by atoms with Crippen LogP contribution in [0.5, 0.6) is 0 Å². The highest BCUT2D eigenvalue weighted by Gasteiger charge is 2.48. The Morgan fingerprint density at radius 2 is 2.22 bits per heavy atom. The van der Waals surface area contributed by atoms with E-state index in [-0.39, 0.29) is 31.6 Å². The molecule has 1 aromatic carbocycles. The molecule has 23 heavy (non-hydrogen) atoms. The van der Waals surface area contributed by atoms with Crippen LogP contribution in [0.1, 0.15) is 12.0 Å². The second-order valence-corrected chi connectivity index (χ2v) is 6.35. The maximum Gasteiger partial charge on any atom is 0.407 e. The summed E-state index contributed by atoms with van der Waals surface area (Å²) < 4.78 is 5.38. The normalized spacial score (nSPS) is 20.3. The molecule has 9 heteroatoms. The molecule has 0 spiro atoms. The molecule has 2 rings (SSSR count). The van der Waals surface area contributed by atoms with Crippen LogP contribution in [0, 0.1) is 15.5 Å². The summed E-state index contributed by atoms with van der Waals surface area (Å²) in [6.45, 7) is 0.150. The molecule has 1 saturated heterocycles. The molecular weight excluding hydrogens is 372 g/mol. The third kappa shape index (κ3) is 3.44. The summed E-state index contributed by atoms with van der Waals surface area (Å²) in [6.07, 6.45) is -0.812. The summed E-state index contributed by atoms with van der Waals surface area (Å²) in [5.74, 6) is -0.557. The Kier molecular flexibility index (Phi) is 4.88. The van der Waals surface area contributed by atoms with Gasteiger partial charge in [0.25, 0.3) is 5.69 Å². The Bertz CT molecular complexity index is 665. The monoisotopic (exact) mass is 386 g/mol. The first-order valence-electron chi connectivity index (χ1n) is 6.78. The zero-order chi connectivity index (χ0) is 17.2. The van der Waals surface area contributed by atoms with Crippen LogP contribution in [0.2, 0.25) is 0 Å². The number of nitro groups is 1. The number of carbonyl (C=O) groups is 2. The second-order valence-electron chi connectivity index (χ2n) is 5.43. The highest BCUT2D eigenvalue weighted by molar-refractivity contribution is 9.10. The summed E-state index contributed by atoms with van der Waals surface area (Å²) >= 11 is 3.18. The van der Waals surface area contributed by atoms with Crippen molar-refractivity contribution in [3.63, 3.8) is 0 Å². The van der Waals surface area contributed by atoms with Crippen molar-refractivity contribution in [1.29, 1.82) is 0 Å². The van der Waals surface area contributed by atoms with Crippen LogP contribution in [0.3, 0.4) is 0 Å². The number of halogens is 1. The lowest BCUT2D eigenvalue weighted by atomic mass is 9.80. The van der Waals surface area contributed by atoms with E-state index >= 15 is 0 Å². The van der Waals surface area contributed by atoms with Crippen molar-refractivity contribution in [2.75, 3.05) is 20.2 Å². The molecule has 1 unspecified atom stereocenters. The predicted octanol–water partition coefficient (Wildman–Crippen LogP) is 2.44. The molecule has 0 aliphatic carbocycles. The van der Waals surface area contributed by atoms with Gasteiger partial charge in [-0.1, -0.05) is 22.0 Å².